The highest BCUT2D eigenvalue weighted by atomic mass is 15.1. The lowest BCUT2D eigenvalue weighted by Crippen LogP contribution is -2.15. The molecule has 0 N–H and O–H groups in total. The second kappa shape index (κ2) is 4.44. The Kier molecular flexibility index (Phi) is 3.00. The third-order valence-electron chi connectivity index (χ3n) is 2.78. The molecule has 0 bridgehead atoms. The lowest BCUT2D eigenvalue weighted by atomic mass is 10.2. The summed E-state index contributed by atoms with van der Waals surface area (Å²) in [6, 6.07) is 8.20. The first-order chi connectivity index (χ1) is 7.66. The van der Waals surface area contributed by atoms with Crippen LogP contribution in [0, 0.1) is 6.92 Å². The van der Waals surface area contributed by atoms with Gasteiger partial charge >= 0.3 is 0 Å². The Labute approximate surface area is 96.7 Å². The molecule has 2 nitrogen and oxygen atoms in total. The molecule has 16 heavy (non-hydrogen) atoms. The van der Waals surface area contributed by atoms with Crippen molar-refractivity contribution in [3.05, 3.63) is 41.5 Å². The number of aryl methyl sites for hydroxylation is 1. The lowest BCUT2D eigenvalue weighted by molar-refractivity contribution is -0.386. The van der Waals surface area contributed by atoms with Gasteiger partial charge in [-0.05, 0) is 36.6 Å². The van der Waals surface area contributed by atoms with E-state index in [-0.39, 0.29) is 0 Å². The van der Waals surface area contributed by atoms with Crippen LogP contribution in [-0.4, -0.2) is 23.2 Å². The summed E-state index contributed by atoms with van der Waals surface area (Å²) in [4.78, 5) is 4.65. The van der Waals surface area contributed by atoms with Crippen LogP contribution >= 0.6 is 0 Å². The number of hydrogen-bond acceptors (Lipinski definition) is 1. The van der Waals surface area contributed by atoms with Crippen molar-refractivity contribution in [1.82, 2.24) is 0 Å². The zero-order chi connectivity index (χ0) is 11.5. The van der Waals surface area contributed by atoms with E-state index in [0.29, 0.717) is 0 Å². The molecule has 2 rings (SSSR count). The summed E-state index contributed by atoms with van der Waals surface area (Å²) in [5.41, 5.74) is 3.57. The first kappa shape index (κ1) is 10.8. The summed E-state index contributed by atoms with van der Waals surface area (Å²) in [5.74, 6) is 1.04. The summed E-state index contributed by atoms with van der Waals surface area (Å²) in [7, 11) is 0. The third-order valence-corrected chi connectivity index (χ3v) is 2.78. The van der Waals surface area contributed by atoms with Crippen molar-refractivity contribution in [3.63, 3.8) is 0 Å². The number of benzene rings is 1. The summed E-state index contributed by atoms with van der Waals surface area (Å²) < 4.78 is 2.17. The molecule has 2 heteroatoms. The van der Waals surface area contributed by atoms with Gasteiger partial charge in [0.05, 0.1) is 6.21 Å². The van der Waals surface area contributed by atoms with E-state index in [2.05, 4.69) is 54.8 Å². The molecule has 82 valence electrons. The Morgan fingerprint density at radius 2 is 2.00 bits per heavy atom. The van der Waals surface area contributed by atoms with Crippen molar-refractivity contribution >= 4 is 17.7 Å². The fraction of sp³-hybridized carbons (Fsp3) is 0.286. The van der Waals surface area contributed by atoms with Gasteiger partial charge in [0.2, 0.25) is 0 Å². The maximum Gasteiger partial charge on any atom is 0.296 e. The largest absolute Gasteiger partial charge is 0.296 e. The molecular weight excluding hydrogens is 196 g/mol. The van der Waals surface area contributed by atoms with Crippen molar-refractivity contribution in [1.29, 1.82) is 0 Å². The first-order valence-corrected chi connectivity index (χ1v) is 5.56. The van der Waals surface area contributed by atoms with Gasteiger partial charge < -0.3 is 0 Å². The highest BCUT2D eigenvalue weighted by Crippen LogP contribution is 2.17. The number of nitrogens with zero attached hydrogens (tertiary/aromatic N) is 2. The Bertz CT molecular complexity index is 493. The molecule has 0 radical (unpaired) electrons. The molecule has 1 aliphatic heterocycles. The van der Waals surface area contributed by atoms with Gasteiger partial charge in [-0.15, -0.1) is 0 Å². The molecule has 0 aromatic heterocycles. The van der Waals surface area contributed by atoms with Crippen LogP contribution in [0.5, 0.6) is 0 Å². The van der Waals surface area contributed by atoms with Crippen molar-refractivity contribution in [2.45, 2.75) is 20.8 Å². The van der Waals surface area contributed by atoms with Crippen LogP contribution in [0.2, 0.25) is 0 Å². The summed E-state index contributed by atoms with van der Waals surface area (Å²) in [6.45, 7) is 7.19. The van der Waals surface area contributed by atoms with Crippen molar-refractivity contribution < 1.29 is 4.58 Å². The third kappa shape index (κ3) is 2.27. The maximum atomic E-state index is 4.65. The average Bonchev–Trinajstić information content (AvgIpc) is 2.68. The van der Waals surface area contributed by atoms with Crippen LogP contribution in [-0.2, 0) is 0 Å². The number of amidine groups is 1. The number of allylic oxidation sites excluding steroid dienone is 1. The molecule has 0 saturated heterocycles. The predicted molar refractivity (Wildman–Crippen MR) is 68.9 cm³/mol. The van der Waals surface area contributed by atoms with Crippen molar-refractivity contribution in [2.24, 2.45) is 4.99 Å². The monoisotopic (exact) mass is 213 g/mol. The van der Waals surface area contributed by atoms with Gasteiger partial charge in [-0.3, -0.25) is 0 Å². The molecule has 0 saturated carbocycles. The molecule has 0 unspecified atom stereocenters. The highest BCUT2D eigenvalue weighted by molar-refractivity contribution is 5.85. The molecule has 1 aromatic carbocycles. The molecule has 0 amide bonds. The van der Waals surface area contributed by atoms with Crippen molar-refractivity contribution in [3.8, 4) is 0 Å². The smallest absolute Gasteiger partial charge is 0.231 e. The number of para-hydroxylation sites is 1. The molecular formula is C14H17N2+. The minimum Gasteiger partial charge on any atom is -0.231 e. The topological polar surface area (TPSA) is 15.4 Å². The molecule has 0 spiro atoms. The van der Waals surface area contributed by atoms with Crippen molar-refractivity contribution in [2.75, 3.05) is 6.54 Å². The number of rotatable bonds is 1. The fourth-order valence-corrected chi connectivity index (χ4v) is 1.75. The lowest BCUT2D eigenvalue weighted by Gasteiger charge is -1.97. The molecule has 0 aliphatic carbocycles. The van der Waals surface area contributed by atoms with Crippen LogP contribution in [0.25, 0.3) is 0 Å². The normalized spacial score (nSPS) is 16.1. The number of aliphatic imine (C=N–C) groups is 1. The molecule has 1 heterocycles. The van der Waals surface area contributed by atoms with Crippen LogP contribution in [0.15, 0.2) is 40.9 Å². The van der Waals surface area contributed by atoms with Gasteiger partial charge in [-0.25, -0.2) is 4.58 Å². The van der Waals surface area contributed by atoms with E-state index in [4.69, 9.17) is 0 Å². The quantitative estimate of drug-likeness (QED) is 0.387. The molecule has 1 aromatic rings. The van der Waals surface area contributed by atoms with Gasteiger partial charge in [-0.1, -0.05) is 18.2 Å². The summed E-state index contributed by atoms with van der Waals surface area (Å²) in [5, 5.41) is 0. The van der Waals surface area contributed by atoms with Gasteiger partial charge in [-0.2, -0.15) is 0 Å². The first-order valence-electron chi connectivity index (χ1n) is 5.56. The zero-order valence-electron chi connectivity index (χ0n) is 10.1. The van der Waals surface area contributed by atoms with E-state index in [9.17, 15) is 0 Å². The summed E-state index contributed by atoms with van der Waals surface area (Å²) >= 11 is 0. The average molecular weight is 213 g/mol. The van der Waals surface area contributed by atoms with E-state index < -0.39 is 0 Å². The predicted octanol–water partition coefficient (Wildman–Crippen LogP) is 3.09. The van der Waals surface area contributed by atoms with Gasteiger partial charge in [0.25, 0.3) is 5.84 Å². The highest BCUT2D eigenvalue weighted by Gasteiger charge is 2.13. The van der Waals surface area contributed by atoms with Crippen LogP contribution in [0.3, 0.4) is 0 Å². The van der Waals surface area contributed by atoms with Gasteiger partial charge in [0, 0.05) is 12.5 Å². The zero-order valence-corrected chi connectivity index (χ0v) is 10.1. The van der Waals surface area contributed by atoms with E-state index in [1.807, 2.05) is 12.1 Å². The van der Waals surface area contributed by atoms with Crippen LogP contribution < -0.4 is 0 Å². The molecule has 1 aliphatic rings. The fourth-order valence-electron chi connectivity index (χ4n) is 1.75. The number of hydrogen-bond donors (Lipinski definition) is 0. The van der Waals surface area contributed by atoms with E-state index in [0.717, 1.165) is 18.1 Å². The Morgan fingerprint density at radius 1 is 1.25 bits per heavy atom. The van der Waals surface area contributed by atoms with Crippen LogP contribution in [0.4, 0.5) is 5.69 Å². The maximum absolute atomic E-state index is 4.65. The van der Waals surface area contributed by atoms with Gasteiger partial charge in [0.15, 0.2) is 5.69 Å². The van der Waals surface area contributed by atoms with E-state index in [1.165, 1.54) is 11.1 Å². The second-order valence-corrected chi connectivity index (χ2v) is 4.18. The van der Waals surface area contributed by atoms with E-state index >= 15 is 0 Å². The Balaban J connectivity index is 2.26. The van der Waals surface area contributed by atoms with E-state index in [1.54, 1.807) is 0 Å². The standard InChI is InChI=1S/C14H17N2/c1-11-8-9-16(10-11)13(3)15-14-7-5-4-6-12(14)2/h4-8,10H,9H2,1-3H3/q+1. The molecule has 0 atom stereocenters. The Hall–Kier alpha value is -1.70. The SMILES string of the molecule is CC1=CC[N+](C(C)=Nc2ccccc2C)=C1. The Morgan fingerprint density at radius 3 is 2.62 bits per heavy atom. The second-order valence-electron chi connectivity index (χ2n) is 4.18. The minimum absolute atomic E-state index is 0.938. The minimum atomic E-state index is 0.938. The molecule has 0 fully saturated rings. The summed E-state index contributed by atoms with van der Waals surface area (Å²) in [6.07, 6.45) is 4.34. The van der Waals surface area contributed by atoms with Gasteiger partial charge in [0.1, 0.15) is 6.54 Å². The van der Waals surface area contributed by atoms with Crippen LogP contribution in [0.1, 0.15) is 19.4 Å².